The summed E-state index contributed by atoms with van der Waals surface area (Å²) in [5.74, 6) is -1.20. The van der Waals surface area contributed by atoms with Crippen LogP contribution < -0.4 is 10.0 Å². The van der Waals surface area contributed by atoms with Crippen LogP contribution in [0.1, 0.15) is 54.9 Å². The van der Waals surface area contributed by atoms with Crippen LogP contribution in [0.25, 0.3) is 17.2 Å². The molecule has 4 aromatic carbocycles. The van der Waals surface area contributed by atoms with E-state index in [1.807, 2.05) is 42.2 Å². The Balaban J connectivity index is 1.59. The third kappa shape index (κ3) is 12.2. The molecule has 0 bridgehead atoms. The van der Waals surface area contributed by atoms with Gasteiger partial charge in [-0.15, -0.1) is 0 Å². The summed E-state index contributed by atoms with van der Waals surface area (Å²) in [6.07, 6.45) is 0.393. The smallest absolute Gasteiger partial charge is 0.416 e. The minimum atomic E-state index is -4.45. The molecule has 1 unspecified atom stereocenters. The maximum Gasteiger partial charge on any atom is 0.416 e. The highest BCUT2D eigenvalue weighted by molar-refractivity contribution is 14.1. The van der Waals surface area contributed by atoms with Crippen molar-refractivity contribution < 1.29 is 36.3 Å². The Kier molecular flexibility index (Phi) is 14.8. The van der Waals surface area contributed by atoms with Crippen LogP contribution in [-0.4, -0.2) is 49.4 Å². The minimum absolute atomic E-state index is 0.101. The van der Waals surface area contributed by atoms with Gasteiger partial charge < -0.3 is 10.4 Å². The Morgan fingerprint density at radius 2 is 1.63 bits per heavy atom. The van der Waals surface area contributed by atoms with Crippen molar-refractivity contribution in [3.05, 3.63) is 125 Å². The molecule has 4 aromatic rings. The van der Waals surface area contributed by atoms with Crippen molar-refractivity contribution in [1.82, 2.24) is 10.2 Å². The van der Waals surface area contributed by atoms with Gasteiger partial charge in [-0.25, -0.2) is 8.42 Å². The molecule has 1 amide bonds. The number of aliphatic carboxylic acids is 1. The first kappa shape index (κ1) is 40.6. The normalized spacial score (nSPS) is 12.6. The fraction of sp³-hybridized carbons (Fsp3) is 0.282. The van der Waals surface area contributed by atoms with Crippen LogP contribution in [-0.2, 0) is 36.8 Å². The number of halogens is 4. The fourth-order valence-electron chi connectivity index (χ4n) is 5.53. The van der Waals surface area contributed by atoms with Gasteiger partial charge in [0.1, 0.15) is 0 Å². The zero-order valence-electron chi connectivity index (χ0n) is 28.6. The summed E-state index contributed by atoms with van der Waals surface area (Å²) in [5, 5.41) is 12.2. The molecule has 0 spiro atoms. The second kappa shape index (κ2) is 19.0. The van der Waals surface area contributed by atoms with E-state index in [1.54, 1.807) is 54.6 Å². The Bertz CT molecular complexity index is 1940. The van der Waals surface area contributed by atoms with Gasteiger partial charge in [-0.2, -0.15) is 13.2 Å². The van der Waals surface area contributed by atoms with Gasteiger partial charge in [0.15, 0.2) is 0 Å². The van der Waals surface area contributed by atoms with Crippen molar-refractivity contribution in [2.45, 2.75) is 60.7 Å². The molecule has 0 aliphatic heterocycles. The van der Waals surface area contributed by atoms with E-state index in [0.29, 0.717) is 35.3 Å². The average molecular weight is 848 g/mol. The first-order chi connectivity index (χ1) is 24.8. The molecule has 8 nitrogen and oxygen atoms in total. The molecular weight excluding hydrogens is 806 g/mol. The number of rotatable bonds is 18. The Morgan fingerprint density at radius 3 is 2.29 bits per heavy atom. The van der Waals surface area contributed by atoms with Crippen molar-refractivity contribution in [2.24, 2.45) is 0 Å². The highest BCUT2D eigenvalue weighted by Gasteiger charge is 2.30. The largest absolute Gasteiger partial charge is 0.481 e. The van der Waals surface area contributed by atoms with Gasteiger partial charge in [0.25, 0.3) is 10.0 Å². The molecule has 0 aromatic heterocycles. The number of sulfonamides is 1. The number of carboxylic acids is 1. The number of benzene rings is 4. The third-order valence-electron chi connectivity index (χ3n) is 8.20. The number of carbonyl (C=O) groups is 2. The summed E-state index contributed by atoms with van der Waals surface area (Å²) >= 11 is 2.21. The average Bonchev–Trinajstić information content (AvgIpc) is 3.12. The van der Waals surface area contributed by atoms with Gasteiger partial charge >= 0.3 is 12.1 Å². The fourth-order valence-corrected chi connectivity index (χ4v) is 7.09. The SMILES string of the molecule is CCCNC(=O)C(CCCC(=O)O)N(C/C=C/c1cccc(NS(=O)(=O)c2ccc(CI)cc2)c1)Cc1cccc(-c2ccc(C(F)(F)F)cc2)c1. The highest BCUT2D eigenvalue weighted by Crippen LogP contribution is 2.31. The van der Waals surface area contributed by atoms with Gasteiger partial charge in [0, 0.05) is 36.2 Å². The van der Waals surface area contributed by atoms with E-state index < -0.39 is 33.8 Å². The standard InChI is InChI=1S/C39H41F3IN3O5S/c1-2-22-44-38(49)36(12-5-13-37(47)48)46(27-30-8-3-10-32(24-30)31-16-18-33(19-17-31)39(40,41)42)23-6-9-28-7-4-11-34(25-28)45-52(50,51)35-20-14-29(26-43)15-21-35/h3-4,6-11,14-21,24-25,36,45H,2,5,12-13,22-23,26-27H2,1H3,(H,44,49)(H,47,48)/b9-6+. The summed E-state index contributed by atoms with van der Waals surface area (Å²) < 4.78 is 69.0. The lowest BCUT2D eigenvalue weighted by Gasteiger charge is -2.30. The molecule has 0 saturated carbocycles. The number of amides is 1. The van der Waals surface area contributed by atoms with Crippen molar-refractivity contribution in [2.75, 3.05) is 17.8 Å². The number of hydrogen-bond acceptors (Lipinski definition) is 5. The van der Waals surface area contributed by atoms with E-state index in [0.717, 1.165) is 27.7 Å². The molecule has 52 heavy (non-hydrogen) atoms. The second-order valence-corrected chi connectivity index (χ2v) is 14.7. The van der Waals surface area contributed by atoms with Crippen LogP contribution in [0.2, 0.25) is 0 Å². The second-order valence-electron chi connectivity index (χ2n) is 12.2. The van der Waals surface area contributed by atoms with Gasteiger partial charge in [0.2, 0.25) is 5.91 Å². The highest BCUT2D eigenvalue weighted by atomic mass is 127. The lowest BCUT2D eigenvalue weighted by molar-refractivity contribution is -0.138. The molecule has 0 aliphatic carbocycles. The molecule has 0 aliphatic rings. The lowest BCUT2D eigenvalue weighted by atomic mass is 10.0. The van der Waals surface area contributed by atoms with Crippen molar-refractivity contribution in [3.63, 3.8) is 0 Å². The van der Waals surface area contributed by atoms with Gasteiger partial charge in [-0.3, -0.25) is 19.2 Å². The van der Waals surface area contributed by atoms with Gasteiger partial charge in [-0.1, -0.05) is 96.3 Å². The zero-order chi connectivity index (χ0) is 37.7. The van der Waals surface area contributed by atoms with Crippen molar-refractivity contribution in [3.8, 4) is 11.1 Å². The lowest BCUT2D eigenvalue weighted by Crippen LogP contribution is -2.47. The molecule has 0 fully saturated rings. The molecular formula is C39H41F3IN3O5S. The van der Waals surface area contributed by atoms with Crippen LogP contribution in [0.5, 0.6) is 0 Å². The molecule has 0 radical (unpaired) electrons. The molecule has 4 rings (SSSR count). The third-order valence-corrected chi connectivity index (χ3v) is 10.5. The number of hydrogen-bond donors (Lipinski definition) is 3. The summed E-state index contributed by atoms with van der Waals surface area (Å²) in [6.45, 7) is 2.95. The molecule has 3 N–H and O–H groups in total. The molecule has 0 saturated heterocycles. The predicted molar refractivity (Wildman–Crippen MR) is 206 cm³/mol. The van der Waals surface area contributed by atoms with Crippen LogP contribution in [0.4, 0.5) is 18.9 Å². The van der Waals surface area contributed by atoms with Crippen molar-refractivity contribution >= 4 is 56.3 Å². The first-order valence-corrected chi connectivity index (χ1v) is 19.7. The van der Waals surface area contributed by atoms with Gasteiger partial charge in [-0.05, 0) is 89.5 Å². The minimum Gasteiger partial charge on any atom is -0.481 e. The molecule has 1 atom stereocenters. The van der Waals surface area contributed by atoms with Gasteiger partial charge in [0.05, 0.1) is 16.5 Å². The number of nitrogens with zero attached hydrogens (tertiary/aromatic N) is 1. The van der Waals surface area contributed by atoms with E-state index in [2.05, 4.69) is 32.6 Å². The van der Waals surface area contributed by atoms with E-state index in [-0.39, 0.29) is 43.2 Å². The topological polar surface area (TPSA) is 116 Å². The Hall–Kier alpha value is -4.21. The summed E-state index contributed by atoms with van der Waals surface area (Å²) in [4.78, 5) is 26.9. The van der Waals surface area contributed by atoms with Crippen molar-refractivity contribution in [1.29, 1.82) is 0 Å². The molecule has 13 heteroatoms. The van der Waals surface area contributed by atoms with E-state index in [9.17, 15) is 36.3 Å². The number of carbonyl (C=O) groups excluding carboxylic acids is 1. The monoisotopic (exact) mass is 847 g/mol. The van der Waals surface area contributed by atoms with Crippen LogP contribution in [0, 0.1) is 0 Å². The molecule has 0 heterocycles. The quantitative estimate of drug-likeness (QED) is 0.0682. The summed E-state index contributed by atoms with van der Waals surface area (Å²) in [5.41, 5.74) is 3.48. The first-order valence-electron chi connectivity index (χ1n) is 16.7. The molecule has 276 valence electrons. The Labute approximate surface area is 316 Å². The zero-order valence-corrected chi connectivity index (χ0v) is 31.5. The number of nitrogens with one attached hydrogen (secondary N) is 2. The van der Waals surface area contributed by atoms with E-state index >= 15 is 0 Å². The Morgan fingerprint density at radius 1 is 0.923 bits per heavy atom. The van der Waals surface area contributed by atoms with Crippen LogP contribution in [0.15, 0.2) is 108 Å². The van der Waals surface area contributed by atoms with Crippen LogP contribution in [0.3, 0.4) is 0 Å². The maximum atomic E-state index is 13.5. The number of anilines is 1. The van der Waals surface area contributed by atoms with Crippen LogP contribution >= 0.6 is 22.6 Å². The van der Waals surface area contributed by atoms with E-state index in [1.165, 1.54) is 12.1 Å². The van der Waals surface area contributed by atoms with E-state index in [4.69, 9.17) is 0 Å². The maximum absolute atomic E-state index is 13.5. The predicted octanol–water partition coefficient (Wildman–Crippen LogP) is 8.77. The number of carboxylic acid groups (broad SMARTS) is 1. The summed E-state index contributed by atoms with van der Waals surface area (Å²) in [6, 6.07) is 25.2. The number of alkyl halides is 4. The summed E-state index contributed by atoms with van der Waals surface area (Å²) in [7, 11) is -3.82.